The zero-order chi connectivity index (χ0) is 16.9. The fraction of sp³-hybridized carbons (Fsp3) is 0.158. The van der Waals surface area contributed by atoms with Crippen molar-refractivity contribution in [1.29, 1.82) is 0 Å². The summed E-state index contributed by atoms with van der Waals surface area (Å²) in [6.07, 6.45) is 2.44. The van der Waals surface area contributed by atoms with Gasteiger partial charge in [-0.2, -0.15) is 0 Å². The topological polar surface area (TPSA) is 75.9 Å². The number of benzene rings is 2. The number of nitrogens with zero attached hydrogens (tertiary/aromatic N) is 2. The van der Waals surface area contributed by atoms with E-state index in [1.54, 1.807) is 0 Å². The summed E-state index contributed by atoms with van der Waals surface area (Å²) in [6, 6.07) is 16.2. The molecule has 0 aliphatic carbocycles. The molecule has 1 heterocycles. The van der Waals surface area contributed by atoms with Crippen molar-refractivity contribution in [2.45, 2.75) is 20.3 Å². The van der Waals surface area contributed by atoms with Crippen LogP contribution in [0, 0.1) is 6.92 Å². The molecule has 2 aromatic carbocycles. The van der Waals surface area contributed by atoms with Crippen LogP contribution in [0.2, 0.25) is 0 Å². The summed E-state index contributed by atoms with van der Waals surface area (Å²) in [6.45, 7) is 4.17. The molecule has 0 saturated heterocycles. The third kappa shape index (κ3) is 3.46. The van der Waals surface area contributed by atoms with Crippen LogP contribution in [-0.4, -0.2) is 9.97 Å². The van der Waals surface area contributed by atoms with Gasteiger partial charge in [0, 0.05) is 11.4 Å². The van der Waals surface area contributed by atoms with Crippen LogP contribution in [-0.2, 0) is 6.42 Å². The lowest BCUT2D eigenvalue weighted by Gasteiger charge is -2.14. The van der Waals surface area contributed by atoms with Gasteiger partial charge in [-0.15, -0.1) is 0 Å². The van der Waals surface area contributed by atoms with E-state index >= 15 is 0 Å². The maximum Gasteiger partial charge on any atom is 0.159 e. The number of nitrogen functional groups attached to an aromatic ring is 1. The molecule has 0 unspecified atom stereocenters. The van der Waals surface area contributed by atoms with Gasteiger partial charge in [-0.05, 0) is 37.1 Å². The highest BCUT2D eigenvalue weighted by Gasteiger charge is 2.10. The number of para-hydroxylation sites is 1. The summed E-state index contributed by atoms with van der Waals surface area (Å²) in [4.78, 5) is 8.53. The second-order valence-electron chi connectivity index (χ2n) is 5.61. The highest BCUT2D eigenvalue weighted by atomic mass is 15.1. The summed E-state index contributed by atoms with van der Waals surface area (Å²) in [5.74, 6) is 1.19. The Hall–Kier alpha value is -3.08. The Morgan fingerprint density at radius 2 is 1.58 bits per heavy atom. The first-order valence-corrected chi connectivity index (χ1v) is 7.96. The maximum absolute atomic E-state index is 6.25. The fourth-order valence-electron chi connectivity index (χ4n) is 2.45. The van der Waals surface area contributed by atoms with E-state index in [1.165, 1.54) is 17.5 Å². The molecule has 4 N–H and O–H groups in total. The van der Waals surface area contributed by atoms with Crippen molar-refractivity contribution in [3.63, 3.8) is 0 Å². The molecule has 0 atom stereocenters. The van der Waals surface area contributed by atoms with E-state index in [2.05, 4.69) is 40.5 Å². The minimum Gasteiger partial charge on any atom is -0.393 e. The first-order valence-electron chi connectivity index (χ1n) is 7.96. The molecule has 0 fully saturated rings. The Labute approximate surface area is 142 Å². The molecular formula is C19H21N5. The van der Waals surface area contributed by atoms with Gasteiger partial charge in [-0.3, -0.25) is 0 Å². The van der Waals surface area contributed by atoms with Crippen LogP contribution in [0.25, 0.3) is 0 Å². The minimum absolute atomic E-state index is 0.490. The van der Waals surface area contributed by atoms with E-state index in [1.807, 2.05) is 42.5 Å². The second kappa shape index (κ2) is 7.00. The van der Waals surface area contributed by atoms with Crippen LogP contribution in [0.15, 0.2) is 54.9 Å². The Kier molecular flexibility index (Phi) is 4.61. The standard InChI is InChI=1S/C19H21N5/c1-3-14-6-4-5-7-16(14)24-19-17(20)18(21-12-22-19)23-15-10-8-13(2)9-11-15/h4-12H,3,20H2,1-2H3,(H2,21,22,23,24). The molecule has 0 spiro atoms. The largest absolute Gasteiger partial charge is 0.393 e. The molecule has 3 rings (SSSR count). The fourth-order valence-corrected chi connectivity index (χ4v) is 2.45. The SMILES string of the molecule is CCc1ccccc1Nc1ncnc(Nc2ccc(C)cc2)c1N. The van der Waals surface area contributed by atoms with E-state index in [4.69, 9.17) is 5.73 Å². The van der Waals surface area contributed by atoms with Gasteiger partial charge in [0.25, 0.3) is 0 Å². The van der Waals surface area contributed by atoms with Crippen molar-refractivity contribution in [1.82, 2.24) is 9.97 Å². The first-order chi connectivity index (χ1) is 11.7. The van der Waals surface area contributed by atoms with Gasteiger partial charge in [0.2, 0.25) is 0 Å². The van der Waals surface area contributed by atoms with Crippen LogP contribution < -0.4 is 16.4 Å². The molecule has 0 bridgehead atoms. The number of nitrogens with one attached hydrogen (secondary N) is 2. The molecule has 24 heavy (non-hydrogen) atoms. The number of rotatable bonds is 5. The van der Waals surface area contributed by atoms with Crippen LogP contribution in [0.4, 0.5) is 28.7 Å². The van der Waals surface area contributed by atoms with Crippen LogP contribution in [0.5, 0.6) is 0 Å². The van der Waals surface area contributed by atoms with Gasteiger partial charge in [0.15, 0.2) is 11.6 Å². The van der Waals surface area contributed by atoms with E-state index < -0.39 is 0 Å². The average Bonchev–Trinajstić information content (AvgIpc) is 2.61. The molecule has 0 radical (unpaired) electrons. The second-order valence-corrected chi connectivity index (χ2v) is 5.61. The molecule has 0 saturated carbocycles. The predicted octanol–water partition coefficient (Wildman–Crippen LogP) is 4.42. The summed E-state index contributed by atoms with van der Waals surface area (Å²) in [7, 11) is 0. The summed E-state index contributed by atoms with van der Waals surface area (Å²) < 4.78 is 0. The minimum atomic E-state index is 0.490. The Balaban J connectivity index is 1.86. The van der Waals surface area contributed by atoms with Crippen LogP contribution >= 0.6 is 0 Å². The lowest BCUT2D eigenvalue weighted by Crippen LogP contribution is -2.06. The molecule has 122 valence electrons. The van der Waals surface area contributed by atoms with E-state index in [0.29, 0.717) is 17.3 Å². The molecule has 1 aromatic heterocycles. The van der Waals surface area contributed by atoms with E-state index in [-0.39, 0.29) is 0 Å². The maximum atomic E-state index is 6.25. The van der Waals surface area contributed by atoms with Gasteiger partial charge in [0.05, 0.1) is 0 Å². The molecule has 0 aliphatic rings. The average molecular weight is 319 g/mol. The summed E-state index contributed by atoms with van der Waals surface area (Å²) in [5.41, 5.74) is 11.1. The van der Waals surface area contributed by atoms with Crippen molar-refractivity contribution in [3.8, 4) is 0 Å². The molecule has 3 aromatic rings. The molecule has 5 heteroatoms. The van der Waals surface area contributed by atoms with Gasteiger partial charge >= 0.3 is 0 Å². The zero-order valence-electron chi connectivity index (χ0n) is 13.9. The smallest absolute Gasteiger partial charge is 0.159 e. The van der Waals surface area contributed by atoms with Gasteiger partial charge in [0.1, 0.15) is 12.0 Å². The van der Waals surface area contributed by atoms with Crippen molar-refractivity contribution in [2.75, 3.05) is 16.4 Å². The zero-order valence-corrected chi connectivity index (χ0v) is 13.9. The van der Waals surface area contributed by atoms with Crippen molar-refractivity contribution >= 4 is 28.7 Å². The third-order valence-electron chi connectivity index (χ3n) is 3.85. The summed E-state index contributed by atoms with van der Waals surface area (Å²) >= 11 is 0. The van der Waals surface area contributed by atoms with E-state index in [9.17, 15) is 0 Å². The van der Waals surface area contributed by atoms with Gasteiger partial charge in [-0.1, -0.05) is 42.8 Å². The Morgan fingerprint density at radius 3 is 2.29 bits per heavy atom. The number of anilines is 5. The van der Waals surface area contributed by atoms with Crippen molar-refractivity contribution < 1.29 is 0 Å². The van der Waals surface area contributed by atoms with Gasteiger partial charge in [-0.25, -0.2) is 9.97 Å². The molecule has 5 nitrogen and oxygen atoms in total. The Bertz CT molecular complexity index is 827. The lowest BCUT2D eigenvalue weighted by atomic mass is 10.1. The first kappa shape index (κ1) is 15.8. The number of hydrogen-bond acceptors (Lipinski definition) is 5. The molecular weight excluding hydrogens is 298 g/mol. The number of aryl methyl sites for hydroxylation is 2. The predicted molar refractivity (Wildman–Crippen MR) is 100 cm³/mol. The number of nitrogens with two attached hydrogens (primary N) is 1. The summed E-state index contributed by atoms with van der Waals surface area (Å²) in [5, 5.41) is 6.55. The highest BCUT2D eigenvalue weighted by molar-refractivity contribution is 5.80. The van der Waals surface area contributed by atoms with Crippen LogP contribution in [0.1, 0.15) is 18.1 Å². The van der Waals surface area contributed by atoms with Gasteiger partial charge < -0.3 is 16.4 Å². The highest BCUT2D eigenvalue weighted by Crippen LogP contribution is 2.29. The Morgan fingerprint density at radius 1 is 0.917 bits per heavy atom. The normalized spacial score (nSPS) is 10.4. The third-order valence-corrected chi connectivity index (χ3v) is 3.85. The number of aromatic nitrogens is 2. The lowest BCUT2D eigenvalue weighted by molar-refractivity contribution is 1.13. The monoisotopic (exact) mass is 319 g/mol. The molecule has 0 aliphatic heterocycles. The van der Waals surface area contributed by atoms with Crippen molar-refractivity contribution in [3.05, 3.63) is 66.0 Å². The quantitative estimate of drug-likeness (QED) is 0.649. The number of hydrogen-bond donors (Lipinski definition) is 3. The van der Waals surface area contributed by atoms with Crippen molar-refractivity contribution in [2.24, 2.45) is 0 Å². The van der Waals surface area contributed by atoms with E-state index in [0.717, 1.165) is 17.8 Å². The molecule has 0 amide bonds. The van der Waals surface area contributed by atoms with Crippen LogP contribution in [0.3, 0.4) is 0 Å².